The number of hydrogen-bond donors (Lipinski definition) is 2. The summed E-state index contributed by atoms with van der Waals surface area (Å²) in [6.07, 6.45) is 4.83. The number of rotatable bonds is 6. The van der Waals surface area contributed by atoms with Crippen LogP contribution in [0, 0.1) is 13.8 Å². The molecule has 152 valence electrons. The van der Waals surface area contributed by atoms with E-state index in [0.717, 1.165) is 40.7 Å². The molecule has 1 aliphatic rings. The maximum absolute atomic E-state index is 12.6. The molecule has 0 bridgehead atoms. The summed E-state index contributed by atoms with van der Waals surface area (Å²) in [7, 11) is 0. The van der Waals surface area contributed by atoms with Crippen molar-refractivity contribution in [3.8, 4) is 0 Å². The molecular weight excluding hydrogens is 402 g/mol. The lowest BCUT2D eigenvalue weighted by Crippen LogP contribution is -2.13. The van der Waals surface area contributed by atoms with Gasteiger partial charge < -0.3 is 10.3 Å². The minimum absolute atomic E-state index is 0.00332. The highest BCUT2D eigenvalue weighted by molar-refractivity contribution is 7.98. The number of aryl methyl sites for hydroxylation is 4. The number of thiophene rings is 1. The van der Waals surface area contributed by atoms with Crippen LogP contribution in [0.1, 0.15) is 46.7 Å². The predicted octanol–water partition coefficient (Wildman–Crippen LogP) is 4.74. The first-order valence-electron chi connectivity index (χ1n) is 9.99. The normalized spacial score (nSPS) is 13.4. The Morgan fingerprint density at radius 1 is 1.24 bits per heavy atom. The molecular formula is C22H25N3O2S2. The van der Waals surface area contributed by atoms with Crippen LogP contribution in [-0.4, -0.2) is 21.6 Å². The lowest BCUT2D eigenvalue weighted by molar-refractivity contribution is -0.115. The molecule has 29 heavy (non-hydrogen) atoms. The van der Waals surface area contributed by atoms with Crippen molar-refractivity contribution in [3.05, 3.63) is 55.9 Å². The van der Waals surface area contributed by atoms with Gasteiger partial charge in [0, 0.05) is 22.7 Å². The van der Waals surface area contributed by atoms with Crippen LogP contribution in [0.15, 0.2) is 23.0 Å². The summed E-state index contributed by atoms with van der Waals surface area (Å²) in [4.78, 5) is 34.6. The number of benzene rings is 1. The Balaban J connectivity index is 1.32. The first-order valence-corrected chi connectivity index (χ1v) is 12.0. The maximum atomic E-state index is 12.6. The quantitative estimate of drug-likeness (QED) is 0.557. The average Bonchev–Trinajstić information content (AvgIpc) is 3.07. The van der Waals surface area contributed by atoms with Gasteiger partial charge in [-0.3, -0.25) is 9.59 Å². The number of anilines is 1. The zero-order chi connectivity index (χ0) is 20.4. The summed E-state index contributed by atoms with van der Waals surface area (Å²) in [5.74, 6) is 1.98. The molecule has 0 aliphatic heterocycles. The fourth-order valence-electron chi connectivity index (χ4n) is 3.65. The van der Waals surface area contributed by atoms with E-state index in [-0.39, 0.29) is 11.5 Å². The van der Waals surface area contributed by atoms with Crippen LogP contribution in [-0.2, 0) is 23.4 Å². The van der Waals surface area contributed by atoms with E-state index in [1.807, 2.05) is 25.1 Å². The van der Waals surface area contributed by atoms with E-state index in [4.69, 9.17) is 0 Å². The highest BCUT2D eigenvalue weighted by Gasteiger charge is 2.19. The van der Waals surface area contributed by atoms with E-state index in [1.165, 1.54) is 22.4 Å². The van der Waals surface area contributed by atoms with Crippen LogP contribution in [0.2, 0.25) is 0 Å². The second-order valence-corrected chi connectivity index (χ2v) is 9.74. The first kappa shape index (κ1) is 20.2. The van der Waals surface area contributed by atoms with Gasteiger partial charge in [-0.1, -0.05) is 6.07 Å². The van der Waals surface area contributed by atoms with E-state index in [0.29, 0.717) is 23.8 Å². The SMILES string of the molecule is Cc1ccc(NC(=O)CCSCc2nc3sc4c(c3c(=O)[nH]2)CCCC4)cc1C. The smallest absolute Gasteiger partial charge is 0.259 e. The van der Waals surface area contributed by atoms with E-state index in [9.17, 15) is 9.59 Å². The number of fused-ring (bicyclic) bond motifs is 3. The lowest BCUT2D eigenvalue weighted by Gasteiger charge is -2.09. The van der Waals surface area contributed by atoms with Crippen molar-refractivity contribution in [2.75, 3.05) is 11.1 Å². The number of carbonyl (C=O) groups excluding carboxylic acids is 1. The topological polar surface area (TPSA) is 74.8 Å². The van der Waals surface area contributed by atoms with E-state index in [2.05, 4.69) is 22.2 Å². The molecule has 2 heterocycles. The average molecular weight is 428 g/mol. The van der Waals surface area contributed by atoms with Crippen molar-refractivity contribution >= 4 is 44.9 Å². The lowest BCUT2D eigenvalue weighted by atomic mass is 9.97. The van der Waals surface area contributed by atoms with Gasteiger partial charge in [-0.25, -0.2) is 4.98 Å². The van der Waals surface area contributed by atoms with Crippen LogP contribution in [0.25, 0.3) is 10.2 Å². The van der Waals surface area contributed by atoms with Gasteiger partial charge in [-0.15, -0.1) is 11.3 Å². The van der Waals surface area contributed by atoms with Crippen LogP contribution >= 0.6 is 23.1 Å². The van der Waals surface area contributed by atoms with Crippen molar-refractivity contribution in [2.24, 2.45) is 0 Å². The Morgan fingerprint density at radius 3 is 2.90 bits per heavy atom. The van der Waals surface area contributed by atoms with Gasteiger partial charge in [-0.2, -0.15) is 11.8 Å². The number of H-pyrrole nitrogens is 1. The number of carbonyl (C=O) groups is 1. The third kappa shape index (κ3) is 4.56. The van der Waals surface area contributed by atoms with Gasteiger partial charge in [0.15, 0.2) is 0 Å². The third-order valence-corrected chi connectivity index (χ3v) is 7.53. The molecule has 7 heteroatoms. The van der Waals surface area contributed by atoms with Gasteiger partial charge in [0.25, 0.3) is 5.56 Å². The molecule has 0 saturated heterocycles. The number of nitrogens with zero attached hydrogens (tertiary/aromatic N) is 1. The van der Waals surface area contributed by atoms with Crippen molar-refractivity contribution in [3.63, 3.8) is 0 Å². The van der Waals surface area contributed by atoms with Gasteiger partial charge in [-0.05, 0) is 68.4 Å². The van der Waals surface area contributed by atoms with Crippen LogP contribution in [0.3, 0.4) is 0 Å². The molecule has 0 atom stereocenters. The molecule has 0 fully saturated rings. The van der Waals surface area contributed by atoms with Gasteiger partial charge in [0.05, 0.1) is 11.1 Å². The zero-order valence-electron chi connectivity index (χ0n) is 16.8. The van der Waals surface area contributed by atoms with Gasteiger partial charge in [0.2, 0.25) is 5.91 Å². The number of amides is 1. The molecule has 1 amide bonds. The largest absolute Gasteiger partial charge is 0.326 e. The number of thioether (sulfide) groups is 1. The summed E-state index contributed by atoms with van der Waals surface area (Å²) in [5.41, 5.74) is 4.41. The summed E-state index contributed by atoms with van der Waals surface area (Å²) >= 11 is 3.29. The Bertz CT molecular complexity index is 1120. The first-order chi connectivity index (χ1) is 14.0. The highest BCUT2D eigenvalue weighted by atomic mass is 32.2. The number of aromatic nitrogens is 2. The second-order valence-electron chi connectivity index (χ2n) is 7.55. The van der Waals surface area contributed by atoms with Crippen LogP contribution < -0.4 is 10.9 Å². The van der Waals surface area contributed by atoms with Crippen molar-refractivity contribution in [1.82, 2.24) is 9.97 Å². The standard InChI is InChI=1S/C22H25N3O2S2/c1-13-7-8-15(11-14(13)2)23-19(26)9-10-28-12-18-24-21(27)20-16-5-3-4-6-17(16)29-22(20)25-18/h7-8,11H,3-6,9-10,12H2,1-2H3,(H,23,26)(H,24,25,27). The van der Waals surface area contributed by atoms with Crippen LogP contribution in [0.4, 0.5) is 5.69 Å². The molecule has 0 radical (unpaired) electrons. The van der Waals surface area contributed by atoms with Crippen molar-refractivity contribution in [2.45, 2.75) is 51.7 Å². The Labute approximate surface area is 178 Å². The van der Waals surface area contributed by atoms with E-state index in [1.54, 1.807) is 23.1 Å². The molecule has 1 aliphatic carbocycles. The minimum Gasteiger partial charge on any atom is -0.326 e. The fourth-order valence-corrected chi connectivity index (χ4v) is 5.74. The molecule has 0 spiro atoms. The van der Waals surface area contributed by atoms with E-state index >= 15 is 0 Å². The summed E-state index contributed by atoms with van der Waals surface area (Å²) < 4.78 is 0. The zero-order valence-corrected chi connectivity index (χ0v) is 18.4. The Morgan fingerprint density at radius 2 is 2.07 bits per heavy atom. The Hall–Kier alpha value is -2.12. The second kappa shape index (κ2) is 8.71. The summed E-state index contributed by atoms with van der Waals surface area (Å²) in [6.45, 7) is 4.09. The fraction of sp³-hybridized carbons (Fsp3) is 0.409. The molecule has 0 saturated carbocycles. The van der Waals surface area contributed by atoms with Crippen molar-refractivity contribution < 1.29 is 4.79 Å². The Kier molecular flexibility index (Phi) is 6.06. The van der Waals surface area contributed by atoms with Crippen molar-refractivity contribution in [1.29, 1.82) is 0 Å². The summed E-state index contributed by atoms with van der Waals surface area (Å²) in [5, 5.41) is 3.74. The molecule has 1 aromatic carbocycles. The van der Waals surface area contributed by atoms with Gasteiger partial charge in [0.1, 0.15) is 10.7 Å². The molecule has 5 nitrogen and oxygen atoms in total. The van der Waals surface area contributed by atoms with Gasteiger partial charge >= 0.3 is 0 Å². The summed E-state index contributed by atoms with van der Waals surface area (Å²) in [6, 6.07) is 5.93. The number of nitrogens with one attached hydrogen (secondary N) is 2. The highest BCUT2D eigenvalue weighted by Crippen LogP contribution is 2.33. The molecule has 2 N–H and O–H groups in total. The third-order valence-electron chi connectivity index (χ3n) is 5.38. The molecule has 3 aromatic rings. The maximum Gasteiger partial charge on any atom is 0.259 e. The molecule has 0 unspecified atom stereocenters. The number of aromatic amines is 1. The molecule has 4 rings (SSSR count). The van der Waals surface area contributed by atoms with Crippen LogP contribution in [0.5, 0.6) is 0 Å². The predicted molar refractivity (Wildman–Crippen MR) is 122 cm³/mol. The molecule has 2 aromatic heterocycles. The number of hydrogen-bond acceptors (Lipinski definition) is 5. The van der Waals surface area contributed by atoms with E-state index < -0.39 is 0 Å². The minimum atomic E-state index is -0.0162. The monoisotopic (exact) mass is 427 g/mol.